The summed E-state index contributed by atoms with van der Waals surface area (Å²) in [6.45, 7) is 11.5. The van der Waals surface area contributed by atoms with Crippen LogP contribution in [-0.2, 0) is 31.0 Å². The van der Waals surface area contributed by atoms with Crippen LogP contribution in [0.25, 0.3) is 0 Å². The van der Waals surface area contributed by atoms with Gasteiger partial charge in [-0.15, -0.1) is 0 Å². The largest absolute Gasteiger partial charge is 0.497 e. The molecule has 0 aliphatic heterocycles. The highest BCUT2D eigenvalue weighted by Gasteiger charge is 2.22. The fourth-order valence-electron chi connectivity index (χ4n) is 5.44. The van der Waals surface area contributed by atoms with Gasteiger partial charge in [-0.25, -0.2) is 14.4 Å². The lowest BCUT2D eigenvalue weighted by molar-refractivity contribution is 0.0520. The molecule has 0 saturated heterocycles. The molecule has 4 N–H and O–H groups in total. The van der Waals surface area contributed by atoms with E-state index in [-0.39, 0.29) is 41.8 Å². The average Bonchev–Trinajstić information content (AvgIpc) is 3.72. The van der Waals surface area contributed by atoms with Crippen LogP contribution in [0.3, 0.4) is 0 Å². The molecule has 0 spiro atoms. The monoisotopic (exact) mass is 802 g/mol. The van der Waals surface area contributed by atoms with Crippen molar-refractivity contribution in [2.75, 3.05) is 49.3 Å². The first kappa shape index (κ1) is 49.1. The van der Waals surface area contributed by atoms with E-state index in [9.17, 15) is 14.4 Å². The minimum Gasteiger partial charge on any atom is -0.497 e. The van der Waals surface area contributed by atoms with Crippen molar-refractivity contribution in [3.8, 4) is 34.5 Å². The Labute approximate surface area is 334 Å². The third kappa shape index (κ3) is 14.0. The first-order valence-corrected chi connectivity index (χ1v) is 18.0. The Morgan fingerprint density at radius 3 is 1.25 bits per heavy atom. The number of methoxy groups -OCH3 is 6. The van der Waals surface area contributed by atoms with Gasteiger partial charge in [-0.2, -0.15) is 0 Å². The lowest BCUT2D eigenvalue weighted by Crippen LogP contribution is -2.08. The zero-order valence-electron chi connectivity index (χ0n) is 34.8. The number of hydrogen-bond acceptors (Lipinski definition) is 12. The normalized spacial score (nSPS) is 9.98. The Hall–Kier alpha value is -5.87. The summed E-state index contributed by atoms with van der Waals surface area (Å²) in [5.41, 5.74) is 3.73. The van der Waals surface area contributed by atoms with E-state index < -0.39 is 11.9 Å². The maximum Gasteiger partial charge on any atom is 0.343 e. The fraction of sp³-hybridized carbons (Fsp3) is 0.439. The second-order valence-corrected chi connectivity index (χ2v) is 11.9. The minimum atomic E-state index is -1.13. The smallest absolute Gasteiger partial charge is 0.343 e. The zero-order chi connectivity index (χ0) is 43.2. The third-order valence-corrected chi connectivity index (χ3v) is 8.24. The number of esters is 1. The van der Waals surface area contributed by atoms with Crippen LogP contribution in [0.4, 0.5) is 0 Å². The van der Waals surface area contributed by atoms with Crippen molar-refractivity contribution in [2.45, 2.75) is 73.8 Å². The lowest BCUT2D eigenvalue weighted by atomic mass is 10.1. The minimum absolute atomic E-state index is 0.00639. The number of rotatable bonds is 16. The van der Waals surface area contributed by atoms with Crippen molar-refractivity contribution in [1.29, 1.82) is 0 Å². The molecule has 2 heterocycles. The summed E-state index contributed by atoms with van der Waals surface area (Å²) in [5, 5.41) is 35.7. The molecule has 57 heavy (non-hydrogen) atoms. The van der Waals surface area contributed by atoms with Gasteiger partial charge in [0.05, 0.1) is 62.5 Å². The van der Waals surface area contributed by atoms with E-state index in [4.69, 9.17) is 53.6 Å². The Morgan fingerprint density at radius 1 is 0.544 bits per heavy atom. The highest BCUT2D eigenvalue weighted by molar-refractivity contribution is 5.95. The molecular formula is C41H58N2O14. The van der Waals surface area contributed by atoms with Crippen molar-refractivity contribution >= 4 is 17.9 Å². The zero-order valence-corrected chi connectivity index (χ0v) is 34.8. The maximum atomic E-state index is 11.7. The van der Waals surface area contributed by atoms with Gasteiger partial charge >= 0.3 is 17.9 Å². The number of nitrogens with zero attached hydrogens (tertiary/aromatic N) is 2. The number of carboxylic acid groups (broad SMARTS) is 2. The second kappa shape index (κ2) is 25.3. The summed E-state index contributed by atoms with van der Waals surface area (Å²) in [7, 11) is 8.93. The van der Waals surface area contributed by atoms with Crippen molar-refractivity contribution in [3.05, 3.63) is 81.9 Å². The quantitative estimate of drug-likeness (QED) is 0.0906. The molecule has 0 amide bonds. The van der Waals surface area contributed by atoms with Gasteiger partial charge in [-0.1, -0.05) is 13.8 Å². The van der Waals surface area contributed by atoms with Gasteiger partial charge in [0.25, 0.3) is 0 Å². The van der Waals surface area contributed by atoms with Crippen molar-refractivity contribution in [1.82, 2.24) is 9.13 Å². The van der Waals surface area contributed by atoms with Crippen LogP contribution in [0.5, 0.6) is 34.5 Å². The average molecular weight is 803 g/mol. The predicted molar refractivity (Wildman–Crippen MR) is 213 cm³/mol. The third-order valence-electron chi connectivity index (χ3n) is 8.24. The van der Waals surface area contributed by atoms with E-state index in [2.05, 4.69) is 6.92 Å². The van der Waals surface area contributed by atoms with Crippen molar-refractivity contribution < 1.29 is 68.0 Å². The fourth-order valence-corrected chi connectivity index (χ4v) is 5.44. The van der Waals surface area contributed by atoms with E-state index in [0.717, 1.165) is 42.9 Å². The number of aliphatic hydroxyl groups is 2. The molecule has 0 radical (unpaired) electrons. The number of aryl methyl sites for hydroxylation is 2. The molecule has 0 aliphatic carbocycles. The first-order valence-electron chi connectivity index (χ1n) is 18.0. The standard InChI is InChI=1S/C12H19NO3.C10H15NO3.C10H12O5.C9H12O3/c1-5-7-13-8-10(15-4)11(9(13)3)12(14)16-6-2;1-4-5-11-6-8(14-3)9(7(11)2)10(12)13;1-14-7-3-6(5-11)4-8(15-2)9(7)10(12)13;1-11-8-3-7(6-10)4-9(5-8)12-2/h8H,5-7H2,1-4H3;6H,4-5H2,1-3H3,(H,12,13);3-4,11H,5H2,1-2H3,(H,12,13);3-5,10H,6H2,1-2H3. The second-order valence-electron chi connectivity index (χ2n) is 11.9. The topological polar surface area (TPSA) is 207 Å². The number of ether oxygens (including phenoxy) is 7. The van der Waals surface area contributed by atoms with Crippen LogP contribution in [0.1, 0.15) is 87.2 Å². The van der Waals surface area contributed by atoms with Crippen molar-refractivity contribution in [2.24, 2.45) is 0 Å². The van der Waals surface area contributed by atoms with Crippen molar-refractivity contribution in [3.63, 3.8) is 0 Å². The number of aliphatic hydroxyl groups excluding tert-OH is 2. The SMILES string of the molecule is CCCn1cc(OC)c(C(=O)O)c1C.CCCn1cc(OC)c(C(=O)OCC)c1C.COc1cc(CO)cc(OC)c1.COc1cc(CO)cc(OC)c1C(=O)O. The van der Waals surface area contributed by atoms with Gasteiger partial charge in [-0.05, 0) is 69.0 Å². The molecule has 2 aromatic heterocycles. The van der Waals surface area contributed by atoms with Crippen LogP contribution in [0.2, 0.25) is 0 Å². The molecule has 0 atom stereocenters. The Morgan fingerprint density at radius 2 is 0.930 bits per heavy atom. The van der Waals surface area contributed by atoms with Gasteiger partial charge in [0.15, 0.2) is 11.5 Å². The number of aromatic nitrogens is 2. The molecule has 0 aliphatic rings. The lowest BCUT2D eigenvalue weighted by Gasteiger charge is -2.11. The molecule has 0 fully saturated rings. The van der Waals surface area contributed by atoms with Crippen LogP contribution in [0.15, 0.2) is 42.7 Å². The predicted octanol–water partition coefficient (Wildman–Crippen LogP) is 6.40. The van der Waals surface area contributed by atoms with E-state index in [1.165, 1.54) is 33.5 Å². The summed E-state index contributed by atoms with van der Waals surface area (Å²) < 4.78 is 39.0. The summed E-state index contributed by atoms with van der Waals surface area (Å²) >= 11 is 0. The highest BCUT2D eigenvalue weighted by Crippen LogP contribution is 2.31. The molecule has 0 saturated carbocycles. The number of carbonyl (C=O) groups excluding carboxylic acids is 1. The molecule has 0 unspecified atom stereocenters. The Kier molecular flexibility index (Phi) is 21.8. The molecule has 316 valence electrons. The number of aromatic carboxylic acids is 2. The molecule has 2 aromatic carbocycles. The van der Waals surface area contributed by atoms with E-state index in [1.807, 2.05) is 29.2 Å². The highest BCUT2D eigenvalue weighted by atomic mass is 16.5. The number of hydrogen-bond donors (Lipinski definition) is 4. The van der Waals surface area contributed by atoms with Crippen LogP contribution in [0, 0.1) is 13.8 Å². The Balaban J connectivity index is 0.000000382. The molecule has 16 nitrogen and oxygen atoms in total. The Bertz CT molecular complexity index is 1800. The van der Waals surface area contributed by atoms with Gasteiger partial charge in [0.1, 0.15) is 39.7 Å². The van der Waals surface area contributed by atoms with E-state index >= 15 is 0 Å². The summed E-state index contributed by atoms with van der Waals surface area (Å²) in [4.78, 5) is 33.6. The molecule has 16 heteroatoms. The van der Waals surface area contributed by atoms with Gasteiger partial charge < -0.3 is 62.7 Å². The van der Waals surface area contributed by atoms with Crippen LogP contribution >= 0.6 is 0 Å². The molecule has 4 aromatic rings. The first-order chi connectivity index (χ1) is 27.2. The van der Waals surface area contributed by atoms with Crippen LogP contribution < -0.4 is 28.4 Å². The maximum absolute atomic E-state index is 11.7. The van der Waals surface area contributed by atoms with Crippen LogP contribution in [-0.4, -0.2) is 96.7 Å². The van der Waals surface area contributed by atoms with E-state index in [1.54, 1.807) is 59.6 Å². The molecule has 4 rings (SSSR count). The number of carbonyl (C=O) groups is 3. The molecule has 0 bridgehead atoms. The van der Waals surface area contributed by atoms with Gasteiger partial charge in [0, 0.05) is 42.9 Å². The van der Waals surface area contributed by atoms with E-state index in [0.29, 0.717) is 40.7 Å². The molecular weight excluding hydrogens is 744 g/mol. The summed E-state index contributed by atoms with van der Waals surface area (Å²) in [6, 6.07) is 8.22. The summed E-state index contributed by atoms with van der Waals surface area (Å²) in [6.07, 6.45) is 5.58. The number of carboxylic acids is 2. The van der Waals surface area contributed by atoms with Gasteiger partial charge in [-0.3, -0.25) is 0 Å². The van der Waals surface area contributed by atoms with Gasteiger partial charge in [0.2, 0.25) is 0 Å². The summed E-state index contributed by atoms with van der Waals surface area (Å²) in [5.74, 6) is 0.371. The number of benzene rings is 2.